The first kappa shape index (κ1) is 8.34. The molecule has 1 aliphatic heterocycles. The number of ether oxygens (including phenoxy) is 1. The van der Waals surface area contributed by atoms with Crippen LogP contribution in [-0.4, -0.2) is 24.1 Å². The summed E-state index contributed by atoms with van der Waals surface area (Å²) in [5.41, 5.74) is 4.88. The first-order chi connectivity index (χ1) is 6.18. The first-order valence-corrected chi connectivity index (χ1v) is 4.45. The molecule has 2 fully saturated rings. The molecule has 0 bridgehead atoms. The Hall–Kier alpha value is -1.26. The number of rotatable bonds is 1. The quantitative estimate of drug-likeness (QED) is 0.589. The van der Waals surface area contributed by atoms with Crippen molar-refractivity contribution in [2.75, 3.05) is 0 Å². The van der Waals surface area contributed by atoms with Crippen LogP contribution in [0.3, 0.4) is 0 Å². The molecule has 1 saturated carbocycles. The zero-order valence-corrected chi connectivity index (χ0v) is 7.16. The third-order valence-electron chi connectivity index (χ3n) is 2.79. The highest BCUT2D eigenvalue weighted by molar-refractivity contribution is 5.86. The Morgan fingerprint density at radius 1 is 1.54 bits per heavy atom. The first-order valence-electron chi connectivity index (χ1n) is 4.45. The molecule has 0 aromatic heterocycles. The highest BCUT2D eigenvalue weighted by Gasteiger charge is 2.46. The van der Waals surface area contributed by atoms with Crippen LogP contribution in [0.5, 0.6) is 0 Å². The van der Waals surface area contributed by atoms with Crippen molar-refractivity contribution in [1.82, 2.24) is 5.32 Å². The van der Waals surface area contributed by atoms with Crippen LogP contribution >= 0.6 is 0 Å². The van der Waals surface area contributed by atoms with Gasteiger partial charge < -0.3 is 15.8 Å². The lowest BCUT2D eigenvalue weighted by atomic mass is 10.0. The number of amides is 2. The normalized spacial score (nSPS) is 36.9. The van der Waals surface area contributed by atoms with Crippen LogP contribution < -0.4 is 11.1 Å². The maximum Gasteiger partial charge on any atom is 0.405 e. The van der Waals surface area contributed by atoms with Gasteiger partial charge in [0.15, 0.2) is 6.10 Å². The lowest BCUT2D eigenvalue weighted by Crippen LogP contribution is -2.33. The average molecular weight is 184 g/mol. The van der Waals surface area contributed by atoms with Crippen molar-refractivity contribution in [3.8, 4) is 0 Å². The maximum atomic E-state index is 11.3. The molecule has 0 aromatic rings. The lowest BCUT2D eigenvalue weighted by molar-refractivity contribution is -0.127. The summed E-state index contributed by atoms with van der Waals surface area (Å²) < 4.78 is 4.76. The number of nitrogens with one attached hydrogen (secondary N) is 1. The molecule has 0 radical (unpaired) electrons. The SMILES string of the molecule is NC(=O)O[C@H]1C(=O)N[C@@H]2CCC[C@@H]21. The van der Waals surface area contributed by atoms with E-state index in [1.807, 2.05) is 0 Å². The molecule has 3 atom stereocenters. The minimum absolute atomic E-state index is 0.139. The Bertz CT molecular complexity index is 254. The molecule has 0 spiro atoms. The van der Waals surface area contributed by atoms with Crippen molar-refractivity contribution in [3.05, 3.63) is 0 Å². The van der Waals surface area contributed by atoms with Crippen molar-refractivity contribution in [2.24, 2.45) is 11.7 Å². The topological polar surface area (TPSA) is 81.4 Å². The number of hydrogen-bond donors (Lipinski definition) is 2. The van der Waals surface area contributed by atoms with E-state index in [4.69, 9.17) is 10.5 Å². The van der Waals surface area contributed by atoms with Crippen molar-refractivity contribution in [1.29, 1.82) is 0 Å². The summed E-state index contributed by atoms with van der Waals surface area (Å²) in [6.07, 6.45) is 1.47. The Balaban J connectivity index is 2.08. The molecule has 72 valence electrons. The fourth-order valence-corrected chi connectivity index (χ4v) is 2.26. The van der Waals surface area contributed by atoms with Gasteiger partial charge in [0.1, 0.15) is 0 Å². The number of primary amides is 1. The zero-order chi connectivity index (χ0) is 9.42. The Morgan fingerprint density at radius 2 is 2.31 bits per heavy atom. The maximum absolute atomic E-state index is 11.3. The molecule has 5 nitrogen and oxygen atoms in total. The van der Waals surface area contributed by atoms with Gasteiger partial charge in [0, 0.05) is 12.0 Å². The van der Waals surface area contributed by atoms with Gasteiger partial charge >= 0.3 is 6.09 Å². The minimum Gasteiger partial charge on any atom is -0.436 e. The fourth-order valence-electron chi connectivity index (χ4n) is 2.26. The Labute approximate surface area is 75.6 Å². The van der Waals surface area contributed by atoms with E-state index in [0.29, 0.717) is 0 Å². The highest BCUT2D eigenvalue weighted by atomic mass is 16.6. The van der Waals surface area contributed by atoms with Crippen LogP contribution in [0, 0.1) is 5.92 Å². The van der Waals surface area contributed by atoms with Gasteiger partial charge in [-0.25, -0.2) is 4.79 Å². The van der Waals surface area contributed by atoms with E-state index < -0.39 is 12.2 Å². The second kappa shape index (κ2) is 2.90. The van der Waals surface area contributed by atoms with Gasteiger partial charge in [-0.15, -0.1) is 0 Å². The van der Waals surface area contributed by atoms with E-state index in [2.05, 4.69) is 5.32 Å². The Morgan fingerprint density at radius 3 is 3.00 bits per heavy atom. The molecule has 1 aliphatic carbocycles. The largest absolute Gasteiger partial charge is 0.436 e. The molecule has 0 aromatic carbocycles. The van der Waals surface area contributed by atoms with Crippen LogP contribution in [0.4, 0.5) is 4.79 Å². The standard InChI is InChI=1S/C8H12N2O3/c9-8(12)13-6-4-2-1-3-5(4)10-7(6)11/h4-6H,1-3H2,(H2,9,12)(H,10,11)/t4-,5+,6+/m0/s1. The number of hydrogen-bond acceptors (Lipinski definition) is 3. The van der Waals surface area contributed by atoms with Crippen molar-refractivity contribution in [3.63, 3.8) is 0 Å². The molecule has 1 heterocycles. The number of carbonyl (C=O) groups is 2. The number of nitrogens with two attached hydrogens (primary N) is 1. The molecule has 5 heteroatoms. The van der Waals surface area contributed by atoms with Crippen LogP contribution in [0.15, 0.2) is 0 Å². The lowest BCUT2D eigenvalue weighted by Gasteiger charge is -2.13. The predicted molar refractivity (Wildman–Crippen MR) is 43.7 cm³/mol. The van der Waals surface area contributed by atoms with Gasteiger partial charge in [-0.1, -0.05) is 6.42 Å². The summed E-state index contributed by atoms with van der Waals surface area (Å²) in [6, 6.07) is 0.192. The summed E-state index contributed by atoms with van der Waals surface area (Å²) in [6.45, 7) is 0. The van der Waals surface area contributed by atoms with Crippen LogP contribution in [-0.2, 0) is 9.53 Å². The van der Waals surface area contributed by atoms with Gasteiger partial charge in [0.05, 0.1) is 0 Å². The van der Waals surface area contributed by atoms with E-state index in [-0.39, 0.29) is 17.9 Å². The number of carbonyl (C=O) groups excluding carboxylic acids is 2. The summed E-state index contributed by atoms with van der Waals surface area (Å²) in [7, 11) is 0. The van der Waals surface area contributed by atoms with E-state index in [1.165, 1.54) is 0 Å². The summed E-state index contributed by atoms with van der Waals surface area (Å²) in [5.74, 6) is -0.0616. The average Bonchev–Trinajstić information content (AvgIpc) is 2.55. The summed E-state index contributed by atoms with van der Waals surface area (Å²) in [4.78, 5) is 21.8. The van der Waals surface area contributed by atoms with E-state index >= 15 is 0 Å². The molecular weight excluding hydrogens is 172 g/mol. The van der Waals surface area contributed by atoms with Gasteiger partial charge in [0.2, 0.25) is 0 Å². The van der Waals surface area contributed by atoms with Crippen LogP contribution in [0.25, 0.3) is 0 Å². The molecule has 3 N–H and O–H groups in total. The van der Waals surface area contributed by atoms with E-state index in [0.717, 1.165) is 19.3 Å². The third kappa shape index (κ3) is 1.34. The summed E-state index contributed by atoms with van der Waals surface area (Å²) in [5, 5.41) is 2.80. The smallest absolute Gasteiger partial charge is 0.405 e. The van der Waals surface area contributed by atoms with Gasteiger partial charge in [-0.2, -0.15) is 0 Å². The van der Waals surface area contributed by atoms with Crippen molar-refractivity contribution < 1.29 is 14.3 Å². The van der Waals surface area contributed by atoms with Crippen molar-refractivity contribution >= 4 is 12.0 Å². The van der Waals surface area contributed by atoms with Crippen LogP contribution in [0.1, 0.15) is 19.3 Å². The molecule has 13 heavy (non-hydrogen) atoms. The predicted octanol–water partition coefficient (Wildman–Crippen LogP) is -0.251. The molecule has 2 rings (SSSR count). The number of fused-ring (bicyclic) bond motifs is 1. The molecule has 0 unspecified atom stereocenters. The molecule has 1 saturated heterocycles. The van der Waals surface area contributed by atoms with Crippen molar-refractivity contribution in [2.45, 2.75) is 31.4 Å². The van der Waals surface area contributed by atoms with E-state index in [9.17, 15) is 9.59 Å². The minimum atomic E-state index is -0.868. The Kier molecular flexibility index (Phi) is 1.86. The van der Waals surface area contributed by atoms with Gasteiger partial charge in [-0.3, -0.25) is 4.79 Å². The monoisotopic (exact) mass is 184 g/mol. The highest BCUT2D eigenvalue weighted by Crippen LogP contribution is 2.34. The van der Waals surface area contributed by atoms with Crippen LogP contribution in [0.2, 0.25) is 0 Å². The molecular formula is C8H12N2O3. The van der Waals surface area contributed by atoms with Gasteiger partial charge in [0.25, 0.3) is 5.91 Å². The van der Waals surface area contributed by atoms with E-state index in [1.54, 1.807) is 0 Å². The summed E-state index contributed by atoms with van der Waals surface area (Å²) >= 11 is 0. The third-order valence-corrected chi connectivity index (χ3v) is 2.79. The molecule has 2 amide bonds. The fraction of sp³-hybridized carbons (Fsp3) is 0.750. The molecule has 2 aliphatic rings. The second-order valence-electron chi connectivity index (χ2n) is 3.57. The van der Waals surface area contributed by atoms with Gasteiger partial charge in [-0.05, 0) is 12.8 Å². The second-order valence-corrected chi connectivity index (χ2v) is 3.57. The zero-order valence-electron chi connectivity index (χ0n) is 7.16.